The van der Waals surface area contributed by atoms with Crippen molar-refractivity contribution in [2.45, 2.75) is 65.0 Å². The van der Waals surface area contributed by atoms with Crippen LogP contribution >= 0.6 is 22.7 Å². The lowest BCUT2D eigenvalue weighted by Gasteiger charge is -2.25. The number of para-hydroxylation sites is 2. The van der Waals surface area contributed by atoms with Gasteiger partial charge in [-0.1, -0.05) is 109 Å². The molecule has 0 amide bonds. The summed E-state index contributed by atoms with van der Waals surface area (Å²) in [6.45, 7) is 7.92. The minimum atomic E-state index is -0.287. The van der Waals surface area contributed by atoms with Gasteiger partial charge in [0.2, 0.25) is 0 Å². The smallest absolute Gasteiger partial charge is 0.184 e. The van der Waals surface area contributed by atoms with E-state index in [1.165, 1.54) is 42.4 Å². The van der Waals surface area contributed by atoms with Crippen LogP contribution in [0, 0.1) is 13.8 Å². The fraction of sp³-hybridized carbons (Fsp3) is 0.216. The van der Waals surface area contributed by atoms with Gasteiger partial charge >= 0.3 is 0 Å². The summed E-state index contributed by atoms with van der Waals surface area (Å²) < 4.78 is 39.9. The molecule has 11 aromatic rings. The van der Waals surface area contributed by atoms with Crippen LogP contribution in [0.25, 0.3) is 41.1 Å². The van der Waals surface area contributed by atoms with Crippen LogP contribution in [0.1, 0.15) is 71.6 Å². The number of fused-ring (bicyclic) bond motifs is 2. The van der Waals surface area contributed by atoms with Gasteiger partial charge in [-0.05, 0) is 195 Å². The van der Waals surface area contributed by atoms with E-state index in [1.54, 1.807) is 22.7 Å². The summed E-state index contributed by atoms with van der Waals surface area (Å²) in [7, 11) is 0. The maximum Gasteiger partial charge on any atom is 0.184 e. The predicted octanol–water partition coefficient (Wildman–Crippen LogP) is 19.9. The minimum Gasteiger partial charge on any atom is -0.493 e. The average molecular weight is 1150 g/mol. The van der Waals surface area contributed by atoms with Crippen LogP contribution in [0.15, 0.2) is 218 Å². The monoisotopic (exact) mass is 1140 g/mol. The second-order valence-corrected chi connectivity index (χ2v) is 23.9. The molecule has 9 aromatic carbocycles. The Kier molecular flexibility index (Phi) is 17.0. The highest BCUT2D eigenvalue weighted by Gasteiger charge is 2.23. The van der Waals surface area contributed by atoms with E-state index in [2.05, 4.69) is 242 Å². The third-order valence-electron chi connectivity index (χ3n) is 15.6. The fourth-order valence-electron chi connectivity index (χ4n) is 11.5. The first-order valence-electron chi connectivity index (χ1n) is 29.4. The van der Waals surface area contributed by atoms with Crippen LogP contribution in [0.4, 0.5) is 34.1 Å². The number of hydrogen-bond acceptors (Lipinski definition) is 10. The lowest BCUT2D eigenvalue weighted by Crippen LogP contribution is -2.09. The Bertz CT molecular complexity index is 3760. The van der Waals surface area contributed by atoms with E-state index in [9.17, 15) is 0 Å². The van der Waals surface area contributed by atoms with Gasteiger partial charge in [-0.15, -0.1) is 22.7 Å². The molecule has 0 saturated carbocycles. The van der Waals surface area contributed by atoms with E-state index < -0.39 is 0 Å². The Morgan fingerprint density at radius 3 is 1.21 bits per heavy atom. The number of aryl methyl sites for hydroxylation is 4. The van der Waals surface area contributed by atoms with Crippen molar-refractivity contribution >= 4 is 77.0 Å². The highest BCUT2D eigenvalue weighted by atomic mass is 32.1. The molecule has 0 radical (unpaired) electrons. The number of unbranched alkanes of at least 4 members (excludes halogenated alkanes) is 2. The molecule has 13 rings (SSSR count). The molecule has 0 atom stereocenters. The molecule has 84 heavy (non-hydrogen) atoms. The van der Waals surface area contributed by atoms with Gasteiger partial charge in [0.25, 0.3) is 0 Å². The molecule has 2 aliphatic rings. The van der Waals surface area contributed by atoms with Crippen molar-refractivity contribution in [3.05, 3.63) is 252 Å². The summed E-state index contributed by atoms with van der Waals surface area (Å²) in [6.07, 6.45) is 4.99. The normalized spacial score (nSPS) is 13.7. The molecule has 0 unspecified atom stereocenters. The SMILES string of the molecule is Cc1cccc(N(c2ccccc2)c2ccc3sc(-c4cc(OCCCCc5cccc(C6OCCO6)c5)c(-c5cc6cc(N(c7ccccc7)c7cccc(C)c7)ccc6s5)cc4OCCCCc4cccc(C5OCCO5)c4)cc3c2)c1. The van der Waals surface area contributed by atoms with Gasteiger partial charge in [-0.25, -0.2) is 0 Å². The summed E-state index contributed by atoms with van der Waals surface area (Å²) in [5.74, 6) is 1.69. The highest BCUT2D eigenvalue weighted by Crippen LogP contribution is 2.49. The second kappa shape index (κ2) is 25.8. The second-order valence-electron chi connectivity index (χ2n) is 21.8. The molecule has 0 N–H and O–H groups in total. The van der Waals surface area contributed by atoms with E-state index >= 15 is 0 Å². The molecule has 8 nitrogen and oxygen atoms in total. The standard InChI is InChI=1S/C74H68N2O6S2/c1-51-17-13-29-61(41-51)75(59-25-5-3-6-26-59)63-31-33-69-57(45-63)47-71(83-69)65-49-68(78-36-12-10-20-54-22-16-24-56(44-54)74-81-39-40-82-74)66(50-67(65)77-35-11-9-19-53-21-15-23-55(43-53)73-79-37-38-80-73)72-48-58-46-64(32-34-70(58)84-72)76(60-27-7-4-8-28-60)62-30-14-18-52(2)42-62/h3-8,13-18,21-34,41-50,73-74H,9-12,19-20,35-40H2,1-2H3. The molecule has 0 spiro atoms. The quantitative estimate of drug-likeness (QED) is 0.0622. The molecular formula is C74H68N2O6S2. The highest BCUT2D eigenvalue weighted by molar-refractivity contribution is 7.22. The number of benzene rings is 9. The first-order chi connectivity index (χ1) is 41.4. The number of rotatable bonds is 22. The van der Waals surface area contributed by atoms with Crippen LogP contribution in [0.5, 0.6) is 11.5 Å². The Hall–Kier alpha value is -8.06. The van der Waals surface area contributed by atoms with Crippen LogP contribution in [-0.2, 0) is 31.8 Å². The van der Waals surface area contributed by atoms with E-state index in [0.717, 1.165) is 116 Å². The van der Waals surface area contributed by atoms with E-state index in [1.807, 2.05) is 0 Å². The van der Waals surface area contributed by atoms with Gasteiger partial charge in [-0.2, -0.15) is 0 Å². The molecule has 0 bridgehead atoms. The zero-order chi connectivity index (χ0) is 56.6. The predicted molar refractivity (Wildman–Crippen MR) is 346 cm³/mol. The van der Waals surface area contributed by atoms with Gasteiger partial charge in [0.05, 0.1) is 39.6 Å². The fourth-order valence-corrected chi connectivity index (χ4v) is 13.6. The van der Waals surface area contributed by atoms with Crippen LogP contribution in [-0.4, -0.2) is 39.6 Å². The van der Waals surface area contributed by atoms with E-state index in [-0.39, 0.29) is 12.6 Å². The van der Waals surface area contributed by atoms with Gasteiger partial charge in [0, 0.05) is 75.5 Å². The first kappa shape index (κ1) is 55.1. The van der Waals surface area contributed by atoms with Crippen molar-refractivity contribution in [2.75, 3.05) is 49.4 Å². The molecular weight excluding hydrogens is 1080 g/mol. The van der Waals surface area contributed by atoms with Gasteiger partial charge in [-0.3, -0.25) is 0 Å². The number of hydrogen-bond donors (Lipinski definition) is 0. The van der Waals surface area contributed by atoms with Crippen molar-refractivity contribution in [1.82, 2.24) is 0 Å². The summed E-state index contributed by atoms with van der Waals surface area (Å²) in [6, 6.07) is 78.8. The van der Waals surface area contributed by atoms with E-state index in [4.69, 9.17) is 28.4 Å². The summed E-state index contributed by atoms with van der Waals surface area (Å²) in [4.78, 5) is 6.93. The lowest BCUT2D eigenvalue weighted by atomic mass is 10.0. The third-order valence-corrected chi connectivity index (χ3v) is 17.9. The number of nitrogens with zero attached hydrogens (tertiary/aromatic N) is 2. The van der Waals surface area contributed by atoms with Gasteiger partial charge < -0.3 is 38.2 Å². The third kappa shape index (κ3) is 12.7. The zero-order valence-electron chi connectivity index (χ0n) is 47.6. The van der Waals surface area contributed by atoms with Crippen molar-refractivity contribution in [2.24, 2.45) is 0 Å². The van der Waals surface area contributed by atoms with E-state index in [0.29, 0.717) is 39.6 Å². The van der Waals surface area contributed by atoms with Gasteiger partial charge in [0.15, 0.2) is 12.6 Å². The Balaban J connectivity index is 0.861. The average Bonchev–Trinajstić information content (AvgIpc) is 4.54. The number of anilines is 6. The van der Waals surface area contributed by atoms with Crippen molar-refractivity contribution in [1.29, 1.82) is 0 Å². The molecule has 2 saturated heterocycles. The molecule has 2 aromatic heterocycles. The molecule has 422 valence electrons. The maximum atomic E-state index is 7.09. The minimum absolute atomic E-state index is 0.287. The van der Waals surface area contributed by atoms with Crippen LogP contribution in [0.2, 0.25) is 0 Å². The van der Waals surface area contributed by atoms with Crippen molar-refractivity contribution in [3.8, 4) is 32.4 Å². The number of thiophene rings is 2. The van der Waals surface area contributed by atoms with Crippen molar-refractivity contribution in [3.63, 3.8) is 0 Å². The molecule has 0 aliphatic carbocycles. The summed E-state index contributed by atoms with van der Waals surface area (Å²) in [5.41, 5.74) is 15.8. The molecule has 2 aliphatic heterocycles. The Labute approximate surface area is 501 Å². The largest absolute Gasteiger partial charge is 0.493 e. The summed E-state index contributed by atoms with van der Waals surface area (Å²) in [5, 5.41) is 2.33. The Morgan fingerprint density at radius 2 is 0.786 bits per heavy atom. The molecule has 4 heterocycles. The summed E-state index contributed by atoms with van der Waals surface area (Å²) >= 11 is 3.59. The van der Waals surface area contributed by atoms with Gasteiger partial charge in [0.1, 0.15) is 11.5 Å². The first-order valence-corrected chi connectivity index (χ1v) is 31.1. The molecule has 10 heteroatoms. The Morgan fingerprint density at radius 1 is 0.381 bits per heavy atom. The van der Waals surface area contributed by atoms with Crippen molar-refractivity contribution < 1.29 is 28.4 Å². The van der Waals surface area contributed by atoms with Crippen LogP contribution in [0.3, 0.4) is 0 Å². The number of ether oxygens (including phenoxy) is 6. The zero-order valence-corrected chi connectivity index (χ0v) is 49.2. The lowest BCUT2D eigenvalue weighted by molar-refractivity contribution is -0.0443. The topological polar surface area (TPSA) is 61.9 Å². The molecule has 2 fully saturated rings. The maximum absolute atomic E-state index is 7.09. The van der Waals surface area contributed by atoms with Crippen LogP contribution < -0.4 is 19.3 Å².